The van der Waals surface area contributed by atoms with Gasteiger partial charge in [0, 0.05) is 13.1 Å². The van der Waals surface area contributed by atoms with E-state index in [2.05, 4.69) is 71.2 Å². The van der Waals surface area contributed by atoms with Gasteiger partial charge in [-0.05, 0) is 45.7 Å². The highest BCUT2D eigenvalue weighted by molar-refractivity contribution is 5.87. The summed E-state index contributed by atoms with van der Waals surface area (Å²) in [6.07, 6.45) is 3.27. The zero-order valence-electron chi connectivity index (χ0n) is 17.2. The number of nitrogens with zero attached hydrogens (tertiary/aromatic N) is 5. The lowest BCUT2D eigenvalue weighted by Crippen LogP contribution is -2.30. The molecule has 1 aromatic carbocycles. The number of benzene rings is 1. The Hall–Kier alpha value is -2.96. The molecule has 1 N–H and O–H groups in total. The molecule has 1 amide bonds. The number of hydrogen-bond donors (Lipinski definition) is 1. The van der Waals surface area contributed by atoms with Gasteiger partial charge >= 0.3 is 0 Å². The maximum atomic E-state index is 12.6. The van der Waals surface area contributed by atoms with E-state index >= 15 is 0 Å². The maximum Gasteiger partial charge on any atom is 0.242 e. The number of carbonyl (C=O) groups excluding carboxylic acids is 1. The minimum Gasteiger partial charge on any atom is -0.356 e. The summed E-state index contributed by atoms with van der Waals surface area (Å²) in [4.78, 5) is 23.5. The number of aromatic nitrogens is 4. The molecule has 0 bridgehead atoms. The van der Waals surface area contributed by atoms with Crippen LogP contribution in [0.1, 0.15) is 43.5 Å². The second kappa shape index (κ2) is 8.37. The lowest BCUT2D eigenvalue weighted by molar-refractivity contribution is -0.122. The lowest BCUT2D eigenvalue weighted by Gasteiger charge is -2.20. The topological polar surface area (TPSA) is 75.9 Å². The fourth-order valence-electron chi connectivity index (χ4n) is 3.58. The van der Waals surface area contributed by atoms with E-state index in [0.29, 0.717) is 5.65 Å². The normalized spacial score (nSPS) is 12.2. The van der Waals surface area contributed by atoms with E-state index in [9.17, 15) is 4.79 Å². The first-order valence-corrected chi connectivity index (χ1v) is 9.72. The average Bonchev–Trinajstić information content (AvgIpc) is 3.06. The number of rotatable bonds is 7. The smallest absolute Gasteiger partial charge is 0.242 e. The maximum absolute atomic E-state index is 12.6. The van der Waals surface area contributed by atoms with Crippen molar-refractivity contribution in [1.82, 2.24) is 25.1 Å². The van der Waals surface area contributed by atoms with Gasteiger partial charge in [-0.2, -0.15) is 5.10 Å². The van der Waals surface area contributed by atoms with Crippen LogP contribution in [0.15, 0.2) is 30.7 Å². The summed E-state index contributed by atoms with van der Waals surface area (Å²) in [7, 11) is 0. The van der Waals surface area contributed by atoms with Crippen molar-refractivity contribution in [2.24, 2.45) is 0 Å². The number of hydrogen-bond acceptors (Lipinski definition) is 5. The number of carbonyl (C=O) groups is 1. The van der Waals surface area contributed by atoms with Crippen molar-refractivity contribution in [2.75, 3.05) is 18.0 Å². The summed E-state index contributed by atoms with van der Waals surface area (Å²) in [5.74, 6) is 0.755. The fraction of sp³-hybridized carbons (Fsp3) is 0.429. The highest BCUT2D eigenvalue weighted by atomic mass is 16.2. The molecule has 2 heterocycles. The van der Waals surface area contributed by atoms with Gasteiger partial charge in [0.05, 0.1) is 17.6 Å². The molecule has 0 fully saturated rings. The van der Waals surface area contributed by atoms with Crippen LogP contribution in [0.2, 0.25) is 0 Å². The fourth-order valence-corrected chi connectivity index (χ4v) is 3.58. The summed E-state index contributed by atoms with van der Waals surface area (Å²) >= 11 is 0. The zero-order chi connectivity index (χ0) is 20.3. The third kappa shape index (κ3) is 3.98. The van der Waals surface area contributed by atoms with Gasteiger partial charge < -0.3 is 10.2 Å². The molecule has 3 rings (SSSR count). The van der Waals surface area contributed by atoms with Crippen LogP contribution in [0.4, 0.5) is 5.82 Å². The Balaban J connectivity index is 1.77. The molecular formula is C21H28N6O. The molecule has 0 spiro atoms. The highest BCUT2D eigenvalue weighted by Gasteiger charge is 2.17. The average molecular weight is 380 g/mol. The largest absolute Gasteiger partial charge is 0.356 e. The summed E-state index contributed by atoms with van der Waals surface area (Å²) in [5.41, 5.74) is 4.18. The van der Waals surface area contributed by atoms with Crippen LogP contribution >= 0.6 is 0 Å². The lowest BCUT2D eigenvalue weighted by atomic mass is 10.0. The molecule has 0 saturated heterocycles. The summed E-state index contributed by atoms with van der Waals surface area (Å²) < 4.78 is 1.63. The SMILES string of the molecule is CCN(CC)c1ncnc2c1cnn2CC(=O)N[C@H](C)c1ccc(C)cc1C. The van der Waals surface area contributed by atoms with Crippen LogP contribution < -0.4 is 10.2 Å². The molecule has 0 aliphatic heterocycles. The molecular weight excluding hydrogens is 352 g/mol. The molecule has 0 aliphatic rings. The van der Waals surface area contributed by atoms with Crippen molar-refractivity contribution in [1.29, 1.82) is 0 Å². The van der Waals surface area contributed by atoms with Crippen LogP contribution in [-0.4, -0.2) is 38.7 Å². The van der Waals surface area contributed by atoms with Crippen LogP contribution in [0, 0.1) is 13.8 Å². The van der Waals surface area contributed by atoms with Crippen molar-refractivity contribution in [3.05, 3.63) is 47.4 Å². The number of anilines is 1. The molecule has 3 aromatic rings. The van der Waals surface area contributed by atoms with Crippen molar-refractivity contribution in [2.45, 2.75) is 47.2 Å². The van der Waals surface area contributed by atoms with Crippen molar-refractivity contribution in [3.63, 3.8) is 0 Å². The third-order valence-corrected chi connectivity index (χ3v) is 5.04. The van der Waals surface area contributed by atoms with E-state index in [-0.39, 0.29) is 18.5 Å². The van der Waals surface area contributed by atoms with E-state index in [0.717, 1.165) is 29.9 Å². The number of aryl methyl sites for hydroxylation is 2. The van der Waals surface area contributed by atoms with Crippen LogP contribution in [0.5, 0.6) is 0 Å². The number of fused-ring (bicyclic) bond motifs is 1. The van der Waals surface area contributed by atoms with E-state index in [1.807, 2.05) is 6.92 Å². The Morgan fingerprint density at radius 2 is 1.96 bits per heavy atom. The van der Waals surface area contributed by atoms with Gasteiger partial charge in [-0.3, -0.25) is 4.79 Å². The second-order valence-electron chi connectivity index (χ2n) is 7.06. The van der Waals surface area contributed by atoms with Crippen LogP contribution in [0.25, 0.3) is 11.0 Å². The Labute approximate surface area is 165 Å². The molecule has 7 heteroatoms. The first-order chi connectivity index (χ1) is 13.4. The Morgan fingerprint density at radius 3 is 2.64 bits per heavy atom. The molecule has 0 unspecified atom stereocenters. The minimum absolute atomic E-state index is 0.0733. The molecule has 0 aliphatic carbocycles. The standard InChI is InChI=1S/C21H28N6O/c1-6-26(7-2)20-18-11-24-27(21(18)23-13-22-20)12-19(28)25-16(5)17-9-8-14(3)10-15(17)4/h8-11,13,16H,6-7,12H2,1-5H3,(H,25,28)/t16-/m1/s1. The molecule has 0 radical (unpaired) electrons. The van der Waals surface area contributed by atoms with E-state index in [4.69, 9.17) is 0 Å². The van der Waals surface area contributed by atoms with Gasteiger partial charge in [-0.15, -0.1) is 0 Å². The Kier molecular flexibility index (Phi) is 5.92. The Bertz CT molecular complexity index is 976. The molecule has 1 atom stereocenters. The quantitative estimate of drug-likeness (QED) is 0.681. The Morgan fingerprint density at radius 1 is 1.21 bits per heavy atom. The number of nitrogens with one attached hydrogen (secondary N) is 1. The van der Waals surface area contributed by atoms with Gasteiger partial charge in [0.1, 0.15) is 18.7 Å². The second-order valence-corrected chi connectivity index (χ2v) is 7.06. The van der Waals surface area contributed by atoms with Gasteiger partial charge in [-0.25, -0.2) is 14.6 Å². The van der Waals surface area contributed by atoms with Gasteiger partial charge in [0.15, 0.2) is 5.65 Å². The van der Waals surface area contributed by atoms with Crippen LogP contribution in [0.3, 0.4) is 0 Å². The molecule has 0 saturated carbocycles. The number of amides is 1. The molecule has 28 heavy (non-hydrogen) atoms. The third-order valence-electron chi connectivity index (χ3n) is 5.04. The van der Waals surface area contributed by atoms with Crippen molar-refractivity contribution < 1.29 is 4.79 Å². The van der Waals surface area contributed by atoms with Crippen LogP contribution in [-0.2, 0) is 11.3 Å². The zero-order valence-corrected chi connectivity index (χ0v) is 17.2. The van der Waals surface area contributed by atoms with Crippen molar-refractivity contribution >= 4 is 22.8 Å². The van der Waals surface area contributed by atoms with E-state index in [1.165, 1.54) is 17.5 Å². The summed E-state index contributed by atoms with van der Waals surface area (Å²) in [6, 6.07) is 6.20. The van der Waals surface area contributed by atoms with Gasteiger partial charge in [0.25, 0.3) is 0 Å². The predicted molar refractivity (Wildman–Crippen MR) is 111 cm³/mol. The van der Waals surface area contributed by atoms with Gasteiger partial charge in [-0.1, -0.05) is 23.8 Å². The van der Waals surface area contributed by atoms with Crippen molar-refractivity contribution in [3.8, 4) is 0 Å². The van der Waals surface area contributed by atoms with E-state index in [1.54, 1.807) is 10.9 Å². The molecule has 2 aromatic heterocycles. The summed E-state index contributed by atoms with van der Waals surface area (Å²) in [6.45, 7) is 12.1. The summed E-state index contributed by atoms with van der Waals surface area (Å²) in [5, 5.41) is 8.31. The van der Waals surface area contributed by atoms with Gasteiger partial charge in [0.2, 0.25) is 5.91 Å². The molecule has 148 valence electrons. The molecule has 7 nitrogen and oxygen atoms in total. The first-order valence-electron chi connectivity index (χ1n) is 9.72. The first kappa shape index (κ1) is 19.8. The van der Waals surface area contributed by atoms with E-state index < -0.39 is 0 Å². The minimum atomic E-state index is -0.0968. The monoisotopic (exact) mass is 380 g/mol. The predicted octanol–water partition coefficient (Wildman–Crippen LogP) is 3.17. The highest BCUT2D eigenvalue weighted by Crippen LogP contribution is 2.22.